The van der Waals surface area contributed by atoms with Crippen LogP contribution in [0.1, 0.15) is 16.7 Å². The number of benzene rings is 1. The summed E-state index contributed by atoms with van der Waals surface area (Å²) in [6.07, 6.45) is 1.65. The number of hydrogen-bond acceptors (Lipinski definition) is 4. The van der Waals surface area contributed by atoms with E-state index in [0.717, 1.165) is 5.56 Å². The van der Waals surface area contributed by atoms with E-state index in [1.54, 1.807) is 19.4 Å². The van der Waals surface area contributed by atoms with Crippen molar-refractivity contribution in [3.8, 4) is 11.9 Å². The van der Waals surface area contributed by atoms with Crippen LogP contribution in [0, 0.1) is 17.1 Å². The zero-order chi connectivity index (χ0) is 14.4. The Morgan fingerprint density at radius 2 is 2.10 bits per heavy atom. The Morgan fingerprint density at radius 1 is 1.30 bits per heavy atom. The van der Waals surface area contributed by atoms with Crippen LogP contribution in [0.2, 0.25) is 0 Å². The van der Waals surface area contributed by atoms with E-state index >= 15 is 0 Å². The lowest BCUT2D eigenvalue weighted by molar-refractivity contribution is 0.390. The number of nitrogens with one attached hydrogen (secondary N) is 1. The number of methoxy groups -OCH3 is 1. The predicted molar refractivity (Wildman–Crippen MR) is 72.4 cm³/mol. The van der Waals surface area contributed by atoms with Crippen molar-refractivity contribution >= 4 is 0 Å². The SMILES string of the molecule is COc1ncccc1CNCc1cc(C#N)ccc1F. The predicted octanol–water partition coefficient (Wildman–Crippen LogP) is 2.39. The Labute approximate surface area is 116 Å². The van der Waals surface area contributed by atoms with Crippen LogP contribution in [0.5, 0.6) is 5.88 Å². The van der Waals surface area contributed by atoms with Crippen molar-refractivity contribution in [2.24, 2.45) is 0 Å². The standard InChI is InChI=1S/C15H14FN3O/c1-20-15-12(3-2-6-19-15)9-18-10-13-7-11(8-17)4-5-14(13)16/h2-7,18H,9-10H2,1H3. The lowest BCUT2D eigenvalue weighted by Gasteiger charge is -2.09. The minimum absolute atomic E-state index is 0.324. The molecule has 4 nitrogen and oxygen atoms in total. The summed E-state index contributed by atoms with van der Waals surface area (Å²) < 4.78 is 18.7. The number of pyridine rings is 1. The van der Waals surface area contributed by atoms with E-state index in [9.17, 15) is 4.39 Å². The first-order valence-corrected chi connectivity index (χ1v) is 6.11. The second-order valence-corrected chi connectivity index (χ2v) is 4.19. The first-order chi connectivity index (χ1) is 9.74. The molecule has 2 rings (SSSR count). The fraction of sp³-hybridized carbons (Fsp3) is 0.200. The van der Waals surface area contributed by atoms with Crippen LogP contribution < -0.4 is 10.1 Å². The minimum atomic E-state index is -0.324. The molecule has 0 aliphatic heterocycles. The molecule has 1 N–H and O–H groups in total. The largest absolute Gasteiger partial charge is 0.481 e. The molecular weight excluding hydrogens is 257 g/mol. The van der Waals surface area contributed by atoms with Gasteiger partial charge in [-0.25, -0.2) is 9.37 Å². The molecule has 1 heterocycles. The van der Waals surface area contributed by atoms with Crippen molar-refractivity contribution in [3.05, 3.63) is 59.0 Å². The van der Waals surface area contributed by atoms with E-state index in [1.807, 2.05) is 18.2 Å². The number of aromatic nitrogens is 1. The summed E-state index contributed by atoms with van der Waals surface area (Å²) in [7, 11) is 1.56. The van der Waals surface area contributed by atoms with Gasteiger partial charge in [0, 0.05) is 30.4 Å². The van der Waals surface area contributed by atoms with Crippen molar-refractivity contribution in [1.82, 2.24) is 10.3 Å². The highest BCUT2D eigenvalue weighted by atomic mass is 19.1. The number of hydrogen-bond donors (Lipinski definition) is 1. The molecule has 5 heteroatoms. The fourth-order valence-corrected chi connectivity index (χ4v) is 1.85. The van der Waals surface area contributed by atoms with Gasteiger partial charge < -0.3 is 10.1 Å². The monoisotopic (exact) mass is 271 g/mol. The maximum absolute atomic E-state index is 13.6. The second-order valence-electron chi connectivity index (χ2n) is 4.19. The third-order valence-corrected chi connectivity index (χ3v) is 2.85. The molecule has 2 aromatic rings. The van der Waals surface area contributed by atoms with Gasteiger partial charge in [-0.15, -0.1) is 0 Å². The molecule has 0 unspecified atom stereocenters. The van der Waals surface area contributed by atoms with Gasteiger partial charge in [-0.1, -0.05) is 6.07 Å². The van der Waals surface area contributed by atoms with E-state index in [4.69, 9.17) is 10.00 Å². The zero-order valence-corrected chi connectivity index (χ0v) is 11.1. The van der Waals surface area contributed by atoms with E-state index in [2.05, 4.69) is 10.3 Å². The van der Waals surface area contributed by atoms with Gasteiger partial charge in [-0.3, -0.25) is 0 Å². The molecule has 20 heavy (non-hydrogen) atoms. The number of nitrogens with zero attached hydrogens (tertiary/aromatic N) is 2. The zero-order valence-electron chi connectivity index (χ0n) is 11.1. The molecule has 1 aromatic carbocycles. The minimum Gasteiger partial charge on any atom is -0.481 e. The van der Waals surface area contributed by atoms with Crippen LogP contribution in [-0.4, -0.2) is 12.1 Å². The molecule has 0 radical (unpaired) electrons. The van der Waals surface area contributed by atoms with Crippen molar-refractivity contribution in [2.45, 2.75) is 13.1 Å². The average molecular weight is 271 g/mol. The molecule has 1 aromatic heterocycles. The molecule has 102 valence electrons. The van der Waals surface area contributed by atoms with E-state index < -0.39 is 0 Å². The van der Waals surface area contributed by atoms with E-state index in [1.165, 1.54) is 12.1 Å². The van der Waals surface area contributed by atoms with Gasteiger partial charge >= 0.3 is 0 Å². The third-order valence-electron chi connectivity index (χ3n) is 2.85. The Morgan fingerprint density at radius 3 is 2.85 bits per heavy atom. The van der Waals surface area contributed by atoms with Crippen LogP contribution in [-0.2, 0) is 13.1 Å². The topological polar surface area (TPSA) is 57.9 Å². The van der Waals surface area contributed by atoms with E-state index in [0.29, 0.717) is 30.1 Å². The molecular formula is C15H14FN3O. The van der Waals surface area contributed by atoms with Gasteiger partial charge in [0.2, 0.25) is 5.88 Å². The fourth-order valence-electron chi connectivity index (χ4n) is 1.85. The quantitative estimate of drug-likeness (QED) is 0.907. The Bertz CT molecular complexity index is 637. The Kier molecular flexibility index (Phi) is 4.64. The van der Waals surface area contributed by atoms with Crippen LogP contribution in [0.15, 0.2) is 36.5 Å². The Balaban J connectivity index is 2.01. The van der Waals surface area contributed by atoms with Gasteiger partial charge in [0.15, 0.2) is 0 Å². The summed E-state index contributed by atoms with van der Waals surface area (Å²) in [5, 5.41) is 11.9. The molecule has 0 amide bonds. The molecule has 0 aliphatic carbocycles. The molecule has 0 aliphatic rings. The van der Waals surface area contributed by atoms with Crippen molar-refractivity contribution in [1.29, 1.82) is 5.26 Å². The van der Waals surface area contributed by atoms with Crippen LogP contribution in [0.3, 0.4) is 0 Å². The van der Waals surface area contributed by atoms with Gasteiger partial charge in [0.1, 0.15) is 5.82 Å². The first-order valence-electron chi connectivity index (χ1n) is 6.11. The molecule has 0 saturated carbocycles. The normalized spacial score (nSPS) is 10.1. The highest BCUT2D eigenvalue weighted by molar-refractivity contribution is 5.33. The molecule has 0 fully saturated rings. The third kappa shape index (κ3) is 3.31. The molecule has 0 atom stereocenters. The van der Waals surface area contributed by atoms with Gasteiger partial charge in [-0.2, -0.15) is 5.26 Å². The highest BCUT2D eigenvalue weighted by Crippen LogP contribution is 2.14. The van der Waals surface area contributed by atoms with Crippen LogP contribution >= 0.6 is 0 Å². The Hall–Kier alpha value is -2.45. The van der Waals surface area contributed by atoms with Crippen molar-refractivity contribution < 1.29 is 9.13 Å². The first kappa shape index (κ1) is 14.0. The lowest BCUT2D eigenvalue weighted by atomic mass is 10.1. The van der Waals surface area contributed by atoms with Crippen molar-refractivity contribution in [2.75, 3.05) is 7.11 Å². The average Bonchev–Trinajstić information content (AvgIpc) is 2.49. The van der Waals surface area contributed by atoms with Crippen molar-refractivity contribution in [3.63, 3.8) is 0 Å². The number of nitriles is 1. The summed E-state index contributed by atoms with van der Waals surface area (Å²) >= 11 is 0. The summed E-state index contributed by atoms with van der Waals surface area (Å²) in [6, 6.07) is 10.0. The number of halogens is 1. The van der Waals surface area contributed by atoms with Gasteiger partial charge in [0.25, 0.3) is 0 Å². The van der Waals surface area contributed by atoms with Crippen LogP contribution in [0.4, 0.5) is 4.39 Å². The summed E-state index contributed by atoms with van der Waals surface area (Å²) in [6.45, 7) is 0.840. The highest BCUT2D eigenvalue weighted by Gasteiger charge is 2.05. The maximum Gasteiger partial charge on any atom is 0.217 e. The van der Waals surface area contributed by atoms with Gasteiger partial charge in [0.05, 0.1) is 18.7 Å². The lowest BCUT2D eigenvalue weighted by Crippen LogP contribution is -2.14. The van der Waals surface area contributed by atoms with Crippen LogP contribution in [0.25, 0.3) is 0 Å². The second kappa shape index (κ2) is 6.64. The maximum atomic E-state index is 13.6. The van der Waals surface area contributed by atoms with Gasteiger partial charge in [-0.05, 0) is 24.3 Å². The van der Waals surface area contributed by atoms with E-state index in [-0.39, 0.29) is 5.82 Å². The molecule has 0 spiro atoms. The summed E-state index contributed by atoms with van der Waals surface area (Å²) in [5.41, 5.74) is 1.81. The summed E-state index contributed by atoms with van der Waals surface area (Å²) in [5.74, 6) is 0.223. The molecule has 0 bridgehead atoms. The smallest absolute Gasteiger partial charge is 0.217 e. The number of rotatable bonds is 5. The summed E-state index contributed by atoms with van der Waals surface area (Å²) in [4.78, 5) is 4.09. The molecule has 0 saturated heterocycles. The number of ether oxygens (including phenoxy) is 1.